The van der Waals surface area contributed by atoms with Crippen molar-refractivity contribution < 1.29 is 9.90 Å². The van der Waals surface area contributed by atoms with Crippen LogP contribution in [0, 0.1) is 0 Å². The van der Waals surface area contributed by atoms with Crippen molar-refractivity contribution in [2.45, 2.75) is 6.54 Å². The number of aromatic nitrogens is 1. The number of hydrogen-bond acceptors (Lipinski definition) is 3. The number of pyridine rings is 1. The average molecular weight is 308 g/mol. The molecule has 2 N–H and O–H groups in total. The number of H-pyrrole nitrogens is 1. The molecule has 0 aliphatic heterocycles. The Morgan fingerprint density at radius 3 is 2.74 bits per heavy atom. The molecule has 0 spiro atoms. The zero-order valence-electron chi connectivity index (χ0n) is 12.6. The fourth-order valence-electron chi connectivity index (χ4n) is 2.53. The normalized spacial score (nSPS) is 10.7. The van der Waals surface area contributed by atoms with Crippen LogP contribution in [0.1, 0.15) is 15.9 Å². The van der Waals surface area contributed by atoms with E-state index in [0.717, 1.165) is 5.56 Å². The molecule has 0 fully saturated rings. The molecule has 1 amide bonds. The Morgan fingerprint density at radius 2 is 1.96 bits per heavy atom. The van der Waals surface area contributed by atoms with Crippen LogP contribution in [0.25, 0.3) is 10.9 Å². The minimum absolute atomic E-state index is 0.103. The van der Waals surface area contributed by atoms with Gasteiger partial charge >= 0.3 is 0 Å². The van der Waals surface area contributed by atoms with Gasteiger partial charge in [-0.25, -0.2) is 0 Å². The number of aromatic hydroxyl groups is 1. The van der Waals surface area contributed by atoms with Gasteiger partial charge in [-0.15, -0.1) is 0 Å². The van der Waals surface area contributed by atoms with Crippen molar-refractivity contribution in [2.24, 2.45) is 0 Å². The molecule has 0 aliphatic rings. The van der Waals surface area contributed by atoms with Gasteiger partial charge in [-0.1, -0.05) is 24.3 Å². The summed E-state index contributed by atoms with van der Waals surface area (Å²) in [6.45, 7) is 0.305. The van der Waals surface area contributed by atoms with Crippen molar-refractivity contribution in [3.8, 4) is 5.75 Å². The van der Waals surface area contributed by atoms with E-state index in [9.17, 15) is 14.7 Å². The molecule has 116 valence electrons. The summed E-state index contributed by atoms with van der Waals surface area (Å²) in [6.07, 6.45) is 1.45. The Bertz CT molecular complexity index is 931. The van der Waals surface area contributed by atoms with Crippen LogP contribution in [0.4, 0.5) is 0 Å². The zero-order chi connectivity index (χ0) is 16.4. The van der Waals surface area contributed by atoms with Gasteiger partial charge in [0.2, 0.25) is 5.43 Å². The third kappa shape index (κ3) is 2.94. The molecule has 1 aromatic heterocycles. The molecule has 3 rings (SSSR count). The van der Waals surface area contributed by atoms with E-state index in [1.807, 2.05) is 12.1 Å². The number of rotatable bonds is 3. The van der Waals surface area contributed by atoms with Crippen molar-refractivity contribution in [3.63, 3.8) is 0 Å². The highest BCUT2D eigenvalue weighted by molar-refractivity contribution is 5.96. The molecule has 0 aliphatic carbocycles. The summed E-state index contributed by atoms with van der Waals surface area (Å²) in [5, 5.41) is 9.98. The summed E-state index contributed by atoms with van der Waals surface area (Å²) in [6, 6.07) is 13.8. The summed E-state index contributed by atoms with van der Waals surface area (Å²) in [5.41, 5.74) is 1.31. The molecule has 0 radical (unpaired) electrons. The second-order valence-electron chi connectivity index (χ2n) is 5.41. The van der Waals surface area contributed by atoms with E-state index < -0.39 is 0 Å². The Hall–Kier alpha value is -3.08. The topological polar surface area (TPSA) is 73.4 Å². The van der Waals surface area contributed by atoms with E-state index in [4.69, 9.17) is 0 Å². The lowest BCUT2D eigenvalue weighted by molar-refractivity contribution is 0.0783. The quantitative estimate of drug-likeness (QED) is 0.781. The number of carbonyl (C=O) groups is 1. The van der Waals surface area contributed by atoms with Gasteiger partial charge in [0.1, 0.15) is 11.3 Å². The van der Waals surface area contributed by atoms with E-state index in [1.54, 1.807) is 43.4 Å². The lowest BCUT2D eigenvalue weighted by Gasteiger charge is -2.17. The first-order chi connectivity index (χ1) is 11.1. The van der Waals surface area contributed by atoms with Gasteiger partial charge in [-0.2, -0.15) is 0 Å². The highest BCUT2D eigenvalue weighted by atomic mass is 16.3. The lowest BCUT2D eigenvalue weighted by Crippen LogP contribution is -2.30. The molecule has 1 heterocycles. The molecule has 3 aromatic rings. The van der Waals surface area contributed by atoms with Crippen molar-refractivity contribution in [1.29, 1.82) is 0 Å². The molecule has 2 aromatic carbocycles. The maximum atomic E-state index is 12.5. The van der Waals surface area contributed by atoms with Gasteiger partial charge in [-0.05, 0) is 29.8 Å². The number of fused-ring (bicyclic) bond motifs is 1. The van der Waals surface area contributed by atoms with E-state index >= 15 is 0 Å². The van der Waals surface area contributed by atoms with Crippen molar-refractivity contribution in [2.75, 3.05) is 7.05 Å². The van der Waals surface area contributed by atoms with E-state index in [1.165, 1.54) is 11.1 Å². The summed E-state index contributed by atoms with van der Waals surface area (Å²) in [7, 11) is 1.63. The van der Waals surface area contributed by atoms with E-state index in [-0.39, 0.29) is 22.6 Å². The number of para-hydroxylation sites is 1. The number of hydrogen-bond donors (Lipinski definition) is 2. The summed E-state index contributed by atoms with van der Waals surface area (Å²) < 4.78 is 0. The van der Waals surface area contributed by atoms with Crippen LogP contribution in [-0.4, -0.2) is 27.9 Å². The molecule has 0 unspecified atom stereocenters. The number of phenols is 1. The summed E-state index contributed by atoms with van der Waals surface area (Å²) in [5.74, 6) is -0.216. The Labute approximate surface area is 132 Å². The fourth-order valence-corrected chi connectivity index (χ4v) is 2.53. The lowest BCUT2D eigenvalue weighted by atomic mass is 10.1. The first kappa shape index (κ1) is 14.8. The second kappa shape index (κ2) is 5.96. The molecular formula is C18H16N2O3. The largest absolute Gasteiger partial charge is 0.508 e. The van der Waals surface area contributed by atoms with E-state index in [0.29, 0.717) is 17.4 Å². The van der Waals surface area contributed by atoms with E-state index in [2.05, 4.69) is 4.98 Å². The third-order valence-electron chi connectivity index (χ3n) is 3.70. The molecule has 5 heteroatoms. The number of phenolic OH excluding ortho intramolecular Hbond substituents is 1. The Morgan fingerprint density at radius 1 is 1.17 bits per heavy atom. The standard InChI is InChI=1S/C18H16N2O3/c1-20(11-12-5-4-6-13(21)9-12)18(23)15-10-19-16-8-3-2-7-14(16)17(15)22/h2-10,21H,11H2,1H3,(H,19,22). The van der Waals surface area contributed by atoms with Gasteiger partial charge < -0.3 is 15.0 Å². The number of amides is 1. The number of carbonyl (C=O) groups excluding carboxylic acids is 1. The zero-order valence-corrected chi connectivity index (χ0v) is 12.6. The molecule has 23 heavy (non-hydrogen) atoms. The van der Waals surface area contributed by atoms with Gasteiger partial charge in [0.25, 0.3) is 5.91 Å². The highest BCUT2D eigenvalue weighted by Crippen LogP contribution is 2.14. The number of benzene rings is 2. The van der Waals surface area contributed by atoms with Crippen molar-refractivity contribution in [1.82, 2.24) is 9.88 Å². The maximum absolute atomic E-state index is 12.5. The van der Waals surface area contributed by atoms with Gasteiger partial charge in [-0.3, -0.25) is 9.59 Å². The van der Waals surface area contributed by atoms with Gasteiger partial charge in [0, 0.05) is 30.7 Å². The summed E-state index contributed by atoms with van der Waals surface area (Å²) in [4.78, 5) is 29.4. The monoisotopic (exact) mass is 308 g/mol. The molecule has 0 bridgehead atoms. The molecule has 0 saturated carbocycles. The second-order valence-corrected chi connectivity index (χ2v) is 5.41. The molecule has 5 nitrogen and oxygen atoms in total. The van der Waals surface area contributed by atoms with Crippen LogP contribution in [0.3, 0.4) is 0 Å². The van der Waals surface area contributed by atoms with Crippen LogP contribution in [0.2, 0.25) is 0 Å². The summed E-state index contributed by atoms with van der Waals surface area (Å²) >= 11 is 0. The van der Waals surface area contributed by atoms with Crippen LogP contribution in [0.15, 0.2) is 59.5 Å². The molecule has 0 atom stereocenters. The van der Waals surface area contributed by atoms with Crippen molar-refractivity contribution >= 4 is 16.8 Å². The Kier molecular flexibility index (Phi) is 3.85. The average Bonchev–Trinajstić information content (AvgIpc) is 2.55. The SMILES string of the molecule is CN(Cc1cccc(O)c1)C(=O)c1c[nH]c2ccccc2c1=O. The first-order valence-electron chi connectivity index (χ1n) is 7.20. The smallest absolute Gasteiger partial charge is 0.259 e. The number of aromatic amines is 1. The minimum atomic E-state index is -0.361. The number of nitrogens with one attached hydrogen (secondary N) is 1. The number of nitrogens with zero attached hydrogens (tertiary/aromatic N) is 1. The predicted octanol–water partition coefficient (Wildman–Crippen LogP) is 2.51. The molecule has 0 saturated heterocycles. The van der Waals surface area contributed by atoms with Gasteiger partial charge in [0.05, 0.1) is 0 Å². The highest BCUT2D eigenvalue weighted by Gasteiger charge is 2.17. The fraction of sp³-hybridized carbons (Fsp3) is 0.111. The van der Waals surface area contributed by atoms with Crippen LogP contribution >= 0.6 is 0 Å². The Balaban J connectivity index is 1.91. The van der Waals surface area contributed by atoms with Crippen LogP contribution in [-0.2, 0) is 6.54 Å². The van der Waals surface area contributed by atoms with Crippen molar-refractivity contribution in [3.05, 3.63) is 76.1 Å². The van der Waals surface area contributed by atoms with Gasteiger partial charge in [0.15, 0.2) is 0 Å². The maximum Gasteiger partial charge on any atom is 0.259 e. The predicted molar refractivity (Wildman–Crippen MR) is 88.5 cm³/mol. The van der Waals surface area contributed by atoms with Crippen LogP contribution < -0.4 is 5.43 Å². The minimum Gasteiger partial charge on any atom is -0.508 e. The van der Waals surface area contributed by atoms with Crippen LogP contribution in [0.5, 0.6) is 5.75 Å². The first-order valence-corrected chi connectivity index (χ1v) is 7.20. The molecular weight excluding hydrogens is 292 g/mol. The third-order valence-corrected chi connectivity index (χ3v) is 3.70.